The van der Waals surface area contributed by atoms with E-state index in [9.17, 15) is 15.8 Å². The maximum Gasteiger partial charge on any atom is 0.102 e. The average molecular weight is 638 g/mol. The lowest BCUT2D eigenvalue weighted by Gasteiger charge is -2.19. The van der Waals surface area contributed by atoms with E-state index in [1.54, 1.807) is 0 Å². The number of hydrogen-bond donors (Lipinski definition) is 0. The molecule has 0 bridgehead atoms. The number of allylic oxidation sites excluding steroid dienone is 1. The molecule has 2 aromatic heterocycles. The van der Waals surface area contributed by atoms with Gasteiger partial charge in [0.25, 0.3) is 0 Å². The van der Waals surface area contributed by atoms with E-state index in [2.05, 4.69) is 81.9 Å². The van der Waals surface area contributed by atoms with Crippen molar-refractivity contribution >= 4 is 38.8 Å². The third-order valence-electron chi connectivity index (χ3n) is 9.96. The molecule has 5 heteroatoms. The average Bonchev–Trinajstić information content (AvgIpc) is 3.70. The Balaban J connectivity index is 1.29. The predicted molar refractivity (Wildman–Crippen MR) is 200 cm³/mol. The summed E-state index contributed by atoms with van der Waals surface area (Å²) in [6.07, 6.45) is 4.63. The summed E-state index contributed by atoms with van der Waals surface area (Å²) in [7, 11) is 0. The highest BCUT2D eigenvalue weighted by molar-refractivity contribution is 6.11. The molecule has 0 spiro atoms. The van der Waals surface area contributed by atoms with E-state index in [0.717, 1.165) is 77.6 Å². The van der Waals surface area contributed by atoms with Gasteiger partial charge in [0.2, 0.25) is 0 Å². The number of fused-ring (bicyclic) bond motifs is 6. The summed E-state index contributed by atoms with van der Waals surface area (Å²) < 4.78 is 4.38. The number of hydrogen-bond acceptors (Lipinski definition) is 3. The zero-order valence-electron chi connectivity index (χ0n) is 26.9. The van der Waals surface area contributed by atoms with Crippen molar-refractivity contribution in [2.75, 3.05) is 0 Å². The van der Waals surface area contributed by atoms with Gasteiger partial charge in [0.1, 0.15) is 12.1 Å². The lowest BCUT2D eigenvalue weighted by Crippen LogP contribution is -2.07. The van der Waals surface area contributed by atoms with E-state index in [0.29, 0.717) is 17.5 Å². The third kappa shape index (κ3) is 4.23. The monoisotopic (exact) mass is 637 g/mol. The molecule has 0 aliphatic heterocycles. The van der Waals surface area contributed by atoms with Crippen LogP contribution in [-0.2, 0) is 6.42 Å². The molecule has 9 rings (SSSR count). The topological polar surface area (TPSA) is 81.2 Å². The summed E-state index contributed by atoms with van der Waals surface area (Å²) in [5, 5.41) is 34.1. The Morgan fingerprint density at radius 3 is 1.88 bits per heavy atom. The Labute approximate surface area is 289 Å². The van der Waals surface area contributed by atoms with Crippen molar-refractivity contribution in [3.05, 3.63) is 162 Å². The summed E-state index contributed by atoms with van der Waals surface area (Å²) >= 11 is 0. The first-order chi connectivity index (χ1) is 24.7. The molecule has 1 aliphatic carbocycles. The predicted octanol–water partition coefficient (Wildman–Crippen LogP) is 10.5. The highest BCUT2D eigenvalue weighted by Gasteiger charge is 2.25. The standard InChI is InChI=1S/C45H27N5/c46-26-29-23-24-44-38(25-29)36-16-5-6-19-40(36)49(44)43-22-10-17-33(39(43)28-48)31-12-1-2-13-32(31)34-14-3-7-20-41(34)50-42-21-8-4-15-35(42)37-18-9-11-30(27-47)45(37)50/h1-24,29H,25H2. The van der Waals surface area contributed by atoms with E-state index in [4.69, 9.17) is 0 Å². The maximum atomic E-state index is 10.9. The summed E-state index contributed by atoms with van der Waals surface area (Å²) in [6.45, 7) is 0. The van der Waals surface area contributed by atoms with Crippen molar-refractivity contribution < 1.29 is 0 Å². The fourth-order valence-corrected chi connectivity index (χ4v) is 7.84. The van der Waals surface area contributed by atoms with E-state index in [1.807, 2.05) is 91.0 Å². The molecule has 1 atom stereocenters. The molecule has 6 aromatic carbocycles. The zero-order valence-corrected chi connectivity index (χ0v) is 26.9. The number of nitrogens with zero attached hydrogens (tertiary/aromatic N) is 5. The Hall–Kier alpha value is -7.13. The van der Waals surface area contributed by atoms with E-state index < -0.39 is 0 Å². The van der Waals surface area contributed by atoms with Crippen molar-refractivity contribution in [3.63, 3.8) is 0 Å². The molecule has 232 valence electrons. The minimum atomic E-state index is -0.186. The minimum absolute atomic E-state index is 0.186. The van der Waals surface area contributed by atoms with Gasteiger partial charge in [0.15, 0.2) is 0 Å². The van der Waals surface area contributed by atoms with Gasteiger partial charge < -0.3 is 9.13 Å². The van der Waals surface area contributed by atoms with Gasteiger partial charge in [-0.25, -0.2) is 0 Å². The SMILES string of the molecule is N#Cc1c(-c2ccccc2-c2ccccc2-n2c3ccccc3c3cccc(C#N)c32)cccc1-n1c2c(c3ccccc31)CC(C#N)C=C2. The Morgan fingerprint density at radius 2 is 1.12 bits per heavy atom. The van der Waals surface area contributed by atoms with Crippen molar-refractivity contribution in [1.29, 1.82) is 15.8 Å². The molecule has 8 aromatic rings. The van der Waals surface area contributed by atoms with Gasteiger partial charge in [-0.15, -0.1) is 0 Å². The van der Waals surface area contributed by atoms with Crippen LogP contribution in [0.25, 0.3) is 72.4 Å². The molecule has 5 nitrogen and oxygen atoms in total. The molecule has 0 radical (unpaired) electrons. The highest BCUT2D eigenvalue weighted by atomic mass is 15.0. The molecule has 0 saturated carbocycles. The summed E-state index contributed by atoms with van der Waals surface area (Å²) in [6, 6.07) is 52.4. The first-order valence-electron chi connectivity index (χ1n) is 16.6. The van der Waals surface area contributed by atoms with Crippen LogP contribution in [0.4, 0.5) is 0 Å². The number of benzene rings is 6. The van der Waals surface area contributed by atoms with E-state index in [-0.39, 0.29) is 5.92 Å². The number of nitriles is 3. The third-order valence-corrected chi connectivity index (χ3v) is 9.96. The van der Waals surface area contributed by atoms with Crippen LogP contribution < -0.4 is 0 Å². The molecule has 0 saturated heterocycles. The van der Waals surface area contributed by atoms with Gasteiger partial charge in [-0.1, -0.05) is 109 Å². The summed E-state index contributed by atoms with van der Waals surface area (Å²) in [5.41, 5.74) is 11.7. The van der Waals surface area contributed by atoms with Crippen LogP contribution in [0.3, 0.4) is 0 Å². The smallest absolute Gasteiger partial charge is 0.102 e. The molecular formula is C45H27N5. The van der Waals surface area contributed by atoms with Gasteiger partial charge >= 0.3 is 0 Å². The lowest BCUT2D eigenvalue weighted by molar-refractivity contribution is 0.809. The summed E-state index contributed by atoms with van der Waals surface area (Å²) in [4.78, 5) is 0. The fraction of sp³-hybridized carbons (Fsp3) is 0.0444. The van der Waals surface area contributed by atoms with Crippen molar-refractivity contribution in [3.8, 4) is 51.8 Å². The minimum Gasteiger partial charge on any atom is -0.308 e. The Kier molecular flexibility index (Phi) is 6.70. The second-order valence-electron chi connectivity index (χ2n) is 12.6. The number of aromatic nitrogens is 2. The molecular weight excluding hydrogens is 611 g/mol. The second kappa shape index (κ2) is 11.5. The Morgan fingerprint density at radius 1 is 0.520 bits per heavy atom. The zero-order chi connectivity index (χ0) is 33.8. The van der Waals surface area contributed by atoms with Crippen LogP contribution in [-0.4, -0.2) is 9.13 Å². The highest BCUT2D eigenvalue weighted by Crippen LogP contribution is 2.43. The largest absolute Gasteiger partial charge is 0.308 e. The van der Waals surface area contributed by atoms with Crippen LogP contribution in [0.15, 0.2) is 140 Å². The Bertz CT molecular complexity index is 2840. The molecule has 0 fully saturated rings. The van der Waals surface area contributed by atoms with Gasteiger partial charge in [-0.05, 0) is 59.5 Å². The van der Waals surface area contributed by atoms with E-state index in [1.165, 1.54) is 0 Å². The maximum absolute atomic E-state index is 10.9. The number of rotatable bonds is 4. The van der Waals surface area contributed by atoms with Crippen LogP contribution >= 0.6 is 0 Å². The van der Waals surface area contributed by atoms with Crippen LogP contribution in [0.5, 0.6) is 0 Å². The number of para-hydroxylation sites is 4. The fourth-order valence-electron chi connectivity index (χ4n) is 7.84. The molecule has 1 aliphatic rings. The molecule has 1 unspecified atom stereocenters. The first kappa shape index (κ1) is 29.0. The van der Waals surface area contributed by atoms with Crippen LogP contribution in [0.2, 0.25) is 0 Å². The second-order valence-corrected chi connectivity index (χ2v) is 12.6. The quantitative estimate of drug-likeness (QED) is 0.193. The van der Waals surface area contributed by atoms with Crippen LogP contribution in [0, 0.1) is 39.9 Å². The van der Waals surface area contributed by atoms with Crippen molar-refractivity contribution in [1.82, 2.24) is 9.13 Å². The molecule has 0 N–H and O–H groups in total. The molecule has 2 heterocycles. The molecule has 0 amide bonds. The van der Waals surface area contributed by atoms with Gasteiger partial charge in [0.05, 0.1) is 51.0 Å². The van der Waals surface area contributed by atoms with Crippen LogP contribution in [0.1, 0.15) is 22.4 Å². The lowest BCUT2D eigenvalue weighted by atomic mass is 9.90. The van der Waals surface area contributed by atoms with Crippen molar-refractivity contribution in [2.24, 2.45) is 5.92 Å². The molecule has 50 heavy (non-hydrogen) atoms. The van der Waals surface area contributed by atoms with Crippen molar-refractivity contribution in [2.45, 2.75) is 6.42 Å². The normalized spacial score (nSPS) is 13.6. The van der Waals surface area contributed by atoms with Gasteiger partial charge in [-0.2, -0.15) is 15.8 Å². The van der Waals surface area contributed by atoms with Gasteiger partial charge in [0, 0.05) is 33.0 Å². The van der Waals surface area contributed by atoms with Gasteiger partial charge in [-0.3, -0.25) is 0 Å². The summed E-state index contributed by atoms with van der Waals surface area (Å²) in [5.74, 6) is -0.186. The van der Waals surface area contributed by atoms with E-state index >= 15 is 0 Å². The first-order valence-corrected chi connectivity index (χ1v) is 16.6.